The Kier molecular flexibility index (Phi) is 4.19. The van der Waals surface area contributed by atoms with Crippen molar-refractivity contribution in [2.75, 3.05) is 0 Å². The van der Waals surface area contributed by atoms with Crippen molar-refractivity contribution in [1.82, 2.24) is 5.43 Å². The number of hydrazine groups is 1. The van der Waals surface area contributed by atoms with Crippen LogP contribution in [0.1, 0.15) is 26.3 Å². The summed E-state index contributed by atoms with van der Waals surface area (Å²) in [5, 5.41) is 1.04. The van der Waals surface area contributed by atoms with Crippen LogP contribution in [0.25, 0.3) is 0 Å². The van der Waals surface area contributed by atoms with Crippen molar-refractivity contribution in [3.63, 3.8) is 0 Å². The summed E-state index contributed by atoms with van der Waals surface area (Å²) < 4.78 is 0. The third kappa shape index (κ3) is 3.37. The van der Waals surface area contributed by atoms with Crippen LogP contribution in [-0.2, 0) is 0 Å². The maximum atomic E-state index is 6.07. The molecule has 1 aromatic carbocycles. The lowest BCUT2D eigenvalue weighted by molar-refractivity contribution is 0.580. The number of hydrogen-bond donors (Lipinski definition) is 2. The molecule has 3 N–H and O–H groups in total. The smallest absolute Gasteiger partial charge is 0.146 e. The standard InChI is InChI=1S/C11H15Cl2N3/c1-11(2,3)15-10(16-14)9-7(12)5-4-6-8(9)13/h4-6H,14H2,1-3H3,(H,15,16). The van der Waals surface area contributed by atoms with Gasteiger partial charge in [0.05, 0.1) is 21.1 Å². The molecule has 0 amide bonds. The third-order valence-electron chi connectivity index (χ3n) is 1.78. The molecule has 88 valence electrons. The molecule has 0 aliphatic carbocycles. The van der Waals surface area contributed by atoms with E-state index in [4.69, 9.17) is 29.0 Å². The number of nitrogens with zero attached hydrogens (tertiary/aromatic N) is 1. The quantitative estimate of drug-likeness (QED) is 0.353. The number of halogens is 2. The van der Waals surface area contributed by atoms with Crippen molar-refractivity contribution < 1.29 is 0 Å². The van der Waals surface area contributed by atoms with Crippen LogP contribution in [0.2, 0.25) is 10.0 Å². The van der Waals surface area contributed by atoms with E-state index in [0.717, 1.165) is 0 Å². The van der Waals surface area contributed by atoms with Crippen LogP contribution in [0.15, 0.2) is 23.2 Å². The number of nitrogens with one attached hydrogen (secondary N) is 1. The monoisotopic (exact) mass is 259 g/mol. The molecule has 16 heavy (non-hydrogen) atoms. The summed E-state index contributed by atoms with van der Waals surface area (Å²) in [4.78, 5) is 4.43. The first-order valence-corrected chi connectivity index (χ1v) is 5.61. The Morgan fingerprint density at radius 2 is 1.75 bits per heavy atom. The SMILES string of the molecule is CC(C)(C)N=C(NN)c1c(Cl)cccc1Cl. The molecule has 0 aliphatic rings. The first-order chi connectivity index (χ1) is 7.35. The lowest BCUT2D eigenvalue weighted by atomic mass is 10.1. The van der Waals surface area contributed by atoms with Crippen molar-refractivity contribution in [2.24, 2.45) is 10.8 Å². The maximum absolute atomic E-state index is 6.07. The molecule has 0 aliphatic heterocycles. The van der Waals surface area contributed by atoms with Gasteiger partial charge in [0.1, 0.15) is 5.84 Å². The second-order valence-corrected chi connectivity index (χ2v) is 5.19. The van der Waals surface area contributed by atoms with E-state index in [1.165, 1.54) is 0 Å². The molecule has 0 radical (unpaired) electrons. The predicted octanol–water partition coefficient (Wildman–Crippen LogP) is 3.00. The molecule has 0 heterocycles. The zero-order chi connectivity index (χ0) is 12.3. The fourth-order valence-corrected chi connectivity index (χ4v) is 1.80. The number of benzene rings is 1. The van der Waals surface area contributed by atoms with Gasteiger partial charge in [0, 0.05) is 0 Å². The van der Waals surface area contributed by atoms with E-state index in [9.17, 15) is 0 Å². The van der Waals surface area contributed by atoms with Crippen molar-refractivity contribution in [3.8, 4) is 0 Å². The topological polar surface area (TPSA) is 50.4 Å². The highest BCUT2D eigenvalue weighted by Gasteiger charge is 2.15. The zero-order valence-electron chi connectivity index (χ0n) is 9.51. The van der Waals surface area contributed by atoms with Gasteiger partial charge < -0.3 is 5.43 Å². The summed E-state index contributed by atoms with van der Waals surface area (Å²) in [5.41, 5.74) is 2.91. The van der Waals surface area contributed by atoms with Crippen LogP contribution in [0.5, 0.6) is 0 Å². The molecule has 0 fully saturated rings. The molecule has 5 heteroatoms. The Morgan fingerprint density at radius 1 is 1.25 bits per heavy atom. The van der Waals surface area contributed by atoms with E-state index in [0.29, 0.717) is 21.4 Å². The molecule has 0 saturated carbocycles. The predicted molar refractivity (Wildman–Crippen MR) is 70.1 cm³/mol. The third-order valence-corrected chi connectivity index (χ3v) is 2.41. The Balaban J connectivity index is 3.30. The second kappa shape index (κ2) is 5.04. The van der Waals surface area contributed by atoms with Crippen LogP contribution in [-0.4, -0.2) is 11.4 Å². The molecule has 3 nitrogen and oxygen atoms in total. The zero-order valence-corrected chi connectivity index (χ0v) is 11.0. The number of amidine groups is 1. The molecule has 1 rings (SSSR count). The van der Waals surface area contributed by atoms with Gasteiger partial charge in [-0.1, -0.05) is 29.3 Å². The molecule has 0 unspecified atom stereocenters. The molecular weight excluding hydrogens is 245 g/mol. The van der Waals surface area contributed by atoms with Crippen LogP contribution >= 0.6 is 23.2 Å². The number of nitrogens with two attached hydrogens (primary N) is 1. The van der Waals surface area contributed by atoms with E-state index in [1.54, 1.807) is 18.2 Å². The van der Waals surface area contributed by atoms with Crippen LogP contribution < -0.4 is 11.3 Å². The van der Waals surface area contributed by atoms with Gasteiger partial charge in [-0.25, -0.2) is 5.84 Å². The minimum Gasteiger partial charge on any atom is -0.308 e. The summed E-state index contributed by atoms with van der Waals surface area (Å²) in [6.07, 6.45) is 0. The van der Waals surface area contributed by atoms with E-state index >= 15 is 0 Å². The highest BCUT2D eigenvalue weighted by atomic mass is 35.5. The van der Waals surface area contributed by atoms with Crippen molar-refractivity contribution in [1.29, 1.82) is 0 Å². The highest BCUT2D eigenvalue weighted by molar-refractivity contribution is 6.40. The van der Waals surface area contributed by atoms with Gasteiger partial charge in [-0.15, -0.1) is 0 Å². The van der Waals surface area contributed by atoms with Crippen molar-refractivity contribution >= 4 is 29.0 Å². The number of hydrogen-bond acceptors (Lipinski definition) is 2. The van der Waals surface area contributed by atoms with Gasteiger partial charge in [-0.2, -0.15) is 0 Å². The van der Waals surface area contributed by atoms with Gasteiger partial charge in [-0.3, -0.25) is 4.99 Å². The summed E-state index contributed by atoms with van der Waals surface area (Å²) >= 11 is 12.1. The molecule has 1 aromatic rings. The van der Waals surface area contributed by atoms with Crippen LogP contribution in [0, 0.1) is 0 Å². The van der Waals surface area contributed by atoms with Crippen molar-refractivity contribution in [3.05, 3.63) is 33.8 Å². The summed E-state index contributed by atoms with van der Waals surface area (Å²) in [5.74, 6) is 5.94. The molecule has 0 bridgehead atoms. The summed E-state index contributed by atoms with van der Waals surface area (Å²) in [7, 11) is 0. The fourth-order valence-electron chi connectivity index (χ4n) is 1.22. The first-order valence-electron chi connectivity index (χ1n) is 4.86. The minimum atomic E-state index is -0.260. The fraction of sp³-hybridized carbons (Fsp3) is 0.364. The average molecular weight is 260 g/mol. The lowest BCUT2D eigenvalue weighted by Gasteiger charge is -2.17. The number of rotatable bonds is 1. The Hall–Kier alpha value is -0.770. The number of aliphatic imine (C=N–C) groups is 1. The molecule has 0 atom stereocenters. The van der Waals surface area contributed by atoms with Crippen LogP contribution in [0.4, 0.5) is 0 Å². The summed E-state index contributed by atoms with van der Waals surface area (Å²) in [6.45, 7) is 5.90. The highest BCUT2D eigenvalue weighted by Crippen LogP contribution is 2.25. The normalized spacial score (nSPS) is 12.8. The Bertz CT molecular complexity index is 388. The Labute approximate surface area is 106 Å². The van der Waals surface area contributed by atoms with Gasteiger partial charge in [0.15, 0.2) is 0 Å². The van der Waals surface area contributed by atoms with E-state index in [2.05, 4.69) is 10.4 Å². The second-order valence-electron chi connectivity index (χ2n) is 4.37. The van der Waals surface area contributed by atoms with Gasteiger partial charge in [0.25, 0.3) is 0 Å². The van der Waals surface area contributed by atoms with Crippen molar-refractivity contribution in [2.45, 2.75) is 26.3 Å². The first kappa shape index (κ1) is 13.3. The van der Waals surface area contributed by atoms with E-state index in [1.807, 2.05) is 20.8 Å². The maximum Gasteiger partial charge on any atom is 0.146 e. The van der Waals surface area contributed by atoms with E-state index < -0.39 is 0 Å². The largest absolute Gasteiger partial charge is 0.308 e. The van der Waals surface area contributed by atoms with E-state index in [-0.39, 0.29) is 5.54 Å². The minimum absolute atomic E-state index is 0.260. The lowest BCUT2D eigenvalue weighted by Crippen LogP contribution is -2.34. The molecule has 0 saturated heterocycles. The summed E-state index contributed by atoms with van der Waals surface area (Å²) in [6, 6.07) is 5.27. The van der Waals surface area contributed by atoms with Crippen LogP contribution in [0.3, 0.4) is 0 Å². The average Bonchev–Trinajstić information content (AvgIpc) is 2.14. The van der Waals surface area contributed by atoms with Gasteiger partial charge >= 0.3 is 0 Å². The Morgan fingerprint density at radius 3 is 2.12 bits per heavy atom. The molecule has 0 spiro atoms. The van der Waals surface area contributed by atoms with Gasteiger partial charge in [0.2, 0.25) is 0 Å². The molecular formula is C11H15Cl2N3. The molecule has 0 aromatic heterocycles. The van der Waals surface area contributed by atoms with Gasteiger partial charge in [-0.05, 0) is 32.9 Å².